The van der Waals surface area contributed by atoms with Crippen LogP contribution >= 0.6 is 11.6 Å². The van der Waals surface area contributed by atoms with Crippen LogP contribution in [-0.2, 0) is 0 Å². The number of nitro groups is 1. The van der Waals surface area contributed by atoms with Crippen molar-refractivity contribution in [2.45, 2.75) is 0 Å². The smallest absolute Gasteiger partial charge is 0.258 e. The van der Waals surface area contributed by atoms with E-state index in [4.69, 9.17) is 11.6 Å². The second-order valence-corrected chi connectivity index (χ2v) is 4.57. The molecule has 5 nitrogen and oxygen atoms in total. The second-order valence-electron chi connectivity index (χ2n) is 4.19. The fraction of sp³-hybridized carbons (Fsp3) is 0. The van der Waals surface area contributed by atoms with Gasteiger partial charge in [0.25, 0.3) is 5.69 Å². The highest BCUT2D eigenvalue weighted by Crippen LogP contribution is 2.32. The standard InChI is InChI=1S/C14H8ClN3O2/c15-13-11-8-10(18(19)20)6-7-12(11)16-17-14(13)9-4-2-1-3-5-9/h1-8H. The quantitative estimate of drug-likeness (QED) is 0.529. The molecule has 0 bridgehead atoms. The molecule has 6 heteroatoms. The van der Waals surface area contributed by atoms with Crippen LogP contribution in [0.1, 0.15) is 0 Å². The Balaban J connectivity index is 2.26. The minimum absolute atomic E-state index is 0.0218. The molecule has 20 heavy (non-hydrogen) atoms. The summed E-state index contributed by atoms with van der Waals surface area (Å²) in [4.78, 5) is 10.4. The van der Waals surface area contributed by atoms with E-state index in [2.05, 4.69) is 10.2 Å². The number of hydrogen-bond acceptors (Lipinski definition) is 4. The first-order chi connectivity index (χ1) is 9.66. The number of nitrogens with zero attached hydrogens (tertiary/aromatic N) is 3. The largest absolute Gasteiger partial charge is 0.270 e. The molecule has 2 aromatic carbocycles. The first-order valence-electron chi connectivity index (χ1n) is 5.82. The van der Waals surface area contributed by atoms with Crippen molar-refractivity contribution >= 4 is 28.2 Å². The zero-order chi connectivity index (χ0) is 14.1. The summed E-state index contributed by atoms with van der Waals surface area (Å²) in [5.41, 5.74) is 1.84. The van der Waals surface area contributed by atoms with Crippen molar-refractivity contribution in [2.75, 3.05) is 0 Å². The van der Waals surface area contributed by atoms with Crippen molar-refractivity contribution in [3.8, 4) is 11.3 Å². The molecule has 0 aliphatic rings. The van der Waals surface area contributed by atoms with Crippen molar-refractivity contribution < 1.29 is 4.92 Å². The molecule has 0 N–H and O–H groups in total. The lowest BCUT2D eigenvalue weighted by atomic mass is 10.1. The van der Waals surface area contributed by atoms with E-state index in [1.807, 2.05) is 30.3 Å². The van der Waals surface area contributed by atoms with Gasteiger partial charge in [-0.1, -0.05) is 41.9 Å². The van der Waals surface area contributed by atoms with Gasteiger partial charge in [-0.25, -0.2) is 0 Å². The third-order valence-electron chi connectivity index (χ3n) is 2.94. The van der Waals surface area contributed by atoms with Crippen LogP contribution in [0.3, 0.4) is 0 Å². The van der Waals surface area contributed by atoms with Crippen molar-refractivity contribution in [3.63, 3.8) is 0 Å². The van der Waals surface area contributed by atoms with E-state index in [1.165, 1.54) is 12.1 Å². The molecule has 98 valence electrons. The van der Waals surface area contributed by atoms with Crippen molar-refractivity contribution in [3.05, 3.63) is 63.7 Å². The molecule has 0 amide bonds. The summed E-state index contributed by atoms with van der Waals surface area (Å²) in [7, 11) is 0. The van der Waals surface area contributed by atoms with E-state index in [0.717, 1.165) is 5.56 Å². The summed E-state index contributed by atoms with van der Waals surface area (Å²) in [6.07, 6.45) is 0. The monoisotopic (exact) mass is 285 g/mol. The van der Waals surface area contributed by atoms with Gasteiger partial charge < -0.3 is 0 Å². The highest BCUT2D eigenvalue weighted by molar-refractivity contribution is 6.37. The highest BCUT2D eigenvalue weighted by Gasteiger charge is 2.14. The molecule has 0 aliphatic carbocycles. The zero-order valence-electron chi connectivity index (χ0n) is 10.2. The summed E-state index contributed by atoms with van der Waals surface area (Å²) >= 11 is 6.33. The van der Waals surface area contributed by atoms with E-state index in [0.29, 0.717) is 21.6 Å². The Bertz CT molecular complexity index is 806. The maximum absolute atomic E-state index is 10.8. The van der Waals surface area contributed by atoms with E-state index in [1.54, 1.807) is 6.07 Å². The lowest BCUT2D eigenvalue weighted by Gasteiger charge is -2.05. The number of halogens is 1. The number of benzene rings is 2. The fourth-order valence-corrected chi connectivity index (χ4v) is 2.25. The molecular weight excluding hydrogens is 278 g/mol. The van der Waals surface area contributed by atoms with Crippen LogP contribution in [0.15, 0.2) is 48.5 Å². The van der Waals surface area contributed by atoms with Gasteiger partial charge in [0, 0.05) is 23.1 Å². The van der Waals surface area contributed by atoms with Gasteiger partial charge in [-0.2, -0.15) is 0 Å². The first-order valence-corrected chi connectivity index (χ1v) is 6.20. The molecule has 0 aliphatic heterocycles. The number of rotatable bonds is 2. The van der Waals surface area contributed by atoms with Gasteiger partial charge in [-0.05, 0) is 6.07 Å². The fourth-order valence-electron chi connectivity index (χ4n) is 1.96. The van der Waals surface area contributed by atoms with Crippen molar-refractivity contribution in [1.29, 1.82) is 0 Å². The Kier molecular flexibility index (Phi) is 3.04. The minimum atomic E-state index is -0.460. The number of fused-ring (bicyclic) bond motifs is 1. The van der Waals surface area contributed by atoms with Gasteiger partial charge in [0.15, 0.2) is 0 Å². The van der Waals surface area contributed by atoms with Crippen molar-refractivity contribution in [2.24, 2.45) is 0 Å². The maximum Gasteiger partial charge on any atom is 0.270 e. The van der Waals surface area contributed by atoms with E-state index in [9.17, 15) is 10.1 Å². The molecule has 0 fully saturated rings. The van der Waals surface area contributed by atoms with Crippen LogP contribution < -0.4 is 0 Å². The summed E-state index contributed by atoms with van der Waals surface area (Å²) < 4.78 is 0. The molecule has 0 spiro atoms. The third kappa shape index (κ3) is 2.08. The molecule has 3 aromatic rings. The number of non-ortho nitro benzene ring substituents is 1. The third-order valence-corrected chi connectivity index (χ3v) is 3.32. The Morgan fingerprint density at radius 3 is 2.50 bits per heavy atom. The van der Waals surface area contributed by atoms with Gasteiger partial charge in [0.2, 0.25) is 0 Å². The average Bonchev–Trinajstić information content (AvgIpc) is 2.48. The Labute approximate surface area is 119 Å². The number of hydrogen-bond donors (Lipinski definition) is 0. The molecule has 0 saturated carbocycles. The van der Waals surface area contributed by atoms with Crippen LogP contribution in [0, 0.1) is 10.1 Å². The molecule has 0 saturated heterocycles. The molecular formula is C14H8ClN3O2. The molecule has 1 heterocycles. The Morgan fingerprint density at radius 1 is 1.05 bits per heavy atom. The van der Waals surface area contributed by atoms with E-state index < -0.39 is 4.92 Å². The van der Waals surface area contributed by atoms with Crippen LogP contribution in [0.2, 0.25) is 5.02 Å². The molecule has 1 aromatic heterocycles. The SMILES string of the molecule is O=[N+]([O-])c1ccc2nnc(-c3ccccc3)c(Cl)c2c1. The molecule has 0 radical (unpaired) electrons. The lowest BCUT2D eigenvalue weighted by Crippen LogP contribution is -1.93. The van der Waals surface area contributed by atoms with E-state index in [-0.39, 0.29) is 5.69 Å². The summed E-state index contributed by atoms with van der Waals surface area (Å²) in [5, 5.41) is 19.9. The topological polar surface area (TPSA) is 68.9 Å². The number of aromatic nitrogens is 2. The maximum atomic E-state index is 10.8. The highest BCUT2D eigenvalue weighted by atomic mass is 35.5. The molecule has 0 atom stereocenters. The first kappa shape index (κ1) is 12.5. The summed E-state index contributed by atoms with van der Waals surface area (Å²) in [6.45, 7) is 0. The molecule has 3 rings (SSSR count). The zero-order valence-corrected chi connectivity index (χ0v) is 10.9. The second kappa shape index (κ2) is 4.86. The van der Waals surface area contributed by atoms with Crippen molar-refractivity contribution in [1.82, 2.24) is 10.2 Å². The number of nitro benzene ring substituents is 1. The van der Waals surface area contributed by atoms with Gasteiger partial charge in [0.1, 0.15) is 5.69 Å². The summed E-state index contributed by atoms with van der Waals surface area (Å²) in [5.74, 6) is 0. The predicted octanol–water partition coefficient (Wildman–Crippen LogP) is 3.86. The molecule has 0 unspecified atom stereocenters. The van der Waals surface area contributed by atoms with Gasteiger partial charge in [-0.15, -0.1) is 10.2 Å². The minimum Gasteiger partial charge on any atom is -0.258 e. The van der Waals surface area contributed by atoms with Gasteiger partial charge in [-0.3, -0.25) is 10.1 Å². The average molecular weight is 286 g/mol. The normalized spacial score (nSPS) is 10.7. The lowest BCUT2D eigenvalue weighted by molar-refractivity contribution is -0.384. The van der Waals surface area contributed by atoms with Crippen LogP contribution in [0.25, 0.3) is 22.2 Å². The van der Waals surface area contributed by atoms with Gasteiger partial charge >= 0.3 is 0 Å². The van der Waals surface area contributed by atoms with Crippen LogP contribution in [-0.4, -0.2) is 15.1 Å². The Morgan fingerprint density at radius 2 is 1.80 bits per heavy atom. The predicted molar refractivity (Wildman–Crippen MR) is 76.6 cm³/mol. The van der Waals surface area contributed by atoms with Crippen LogP contribution in [0.4, 0.5) is 5.69 Å². The van der Waals surface area contributed by atoms with Gasteiger partial charge in [0.05, 0.1) is 15.5 Å². The van der Waals surface area contributed by atoms with E-state index >= 15 is 0 Å². The Hall–Kier alpha value is -2.53. The summed E-state index contributed by atoms with van der Waals surface area (Å²) in [6, 6.07) is 13.7. The van der Waals surface area contributed by atoms with Crippen LogP contribution in [0.5, 0.6) is 0 Å².